The third-order valence-corrected chi connectivity index (χ3v) is 2.33. The van der Waals surface area contributed by atoms with Crippen molar-refractivity contribution in [2.75, 3.05) is 6.79 Å². The summed E-state index contributed by atoms with van der Waals surface area (Å²) in [5.74, 6) is 0.717. The number of hydrogen-bond donors (Lipinski definition) is 1. The molecular formula is C12H26O3. The quantitative estimate of drug-likeness (QED) is 0.667. The molecule has 0 fully saturated rings. The highest BCUT2D eigenvalue weighted by atomic mass is 16.6. The summed E-state index contributed by atoms with van der Waals surface area (Å²) >= 11 is 0. The van der Waals surface area contributed by atoms with Gasteiger partial charge in [0.05, 0.1) is 18.3 Å². The van der Waals surface area contributed by atoms with Gasteiger partial charge in [0.1, 0.15) is 6.79 Å². The molecule has 0 aliphatic carbocycles. The van der Waals surface area contributed by atoms with Gasteiger partial charge in [-0.25, -0.2) is 0 Å². The highest BCUT2D eigenvalue weighted by Gasteiger charge is 2.29. The fourth-order valence-corrected chi connectivity index (χ4v) is 1.68. The van der Waals surface area contributed by atoms with Crippen LogP contribution in [0, 0.1) is 11.8 Å². The number of aliphatic hydroxyl groups excluding tert-OH is 1. The SMILES string of the molecule is CC(C)OC(C(C)C)[C@H](OCO)C(C)C. The number of rotatable bonds is 7. The first kappa shape index (κ1) is 14.9. The lowest BCUT2D eigenvalue weighted by atomic mass is 9.93. The Morgan fingerprint density at radius 2 is 1.33 bits per heavy atom. The molecule has 3 heteroatoms. The van der Waals surface area contributed by atoms with Crippen molar-refractivity contribution >= 4 is 0 Å². The Balaban J connectivity index is 4.52. The molecule has 0 aliphatic rings. The fourth-order valence-electron chi connectivity index (χ4n) is 1.68. The minimum absolute atomic E-state index is 0.0390. The van der Waals surface area contributed by atoms with Crippen LogP contribution in [0.15, 0.2) is 0 Å². The van der Waals surface area contributed by atoms with Crippen LogP contribution in [0.2, 0.25) is 0 Å². The Bertz CT molecular complexity index is 155. The summed E-state index contributed by atoms with van der Waals surface area (Å²) in [6, 6.07) is 0. The Labute approximate surface area is 93.8 Å². The fraction of sp³-hybridized carbons (Fsp3) is 1.00. The lowest BCUT2D eigenvalue weighted by Gasteiger charge is -2.33. The highest BCUT2D eigenvalue weighted by Crippen LogP contribution is 2.21. The maximum atomic E-state index is 8.87. The summed E-state index contributed by atoms with van der Waals surface area (Å²) in [7, 11) is 0. The van der Waals surface area contributed by atoms with Crippen molar-refractivity contribution < 1.29 is 14.6 Å². The molecule has 1 N–H and O–H groups in total. The Morgan fingerprint density at radius 3 is 1.60 bits per heavy atom. The van der Waals surface area contributed by atoms with E-state index in [2.05, 4.69) is 27.7 Å². The molecule has 1 unspecified atom stereocenters. The van der Waals surface area contributed by atoms with E-state index in [-0.39, 0.29) is 25.1 Å². The second kappa shape index (κ2) is 7.20. The van der Waals surface area contributed by atoms with Gasteiger partial charge in [-0.15, -0.1) is 0 Å². The molecule has 0 aliphatic heterocycles. The van der Waals surface area contributed by atoms with Gasteiger partial charge in [0, 0.05) is 0 Å². The first-order valence-corrected chi connectivity index (χ1v) is 5.78. The van der Waals surface area contributed by atoms with E-state index in [1.807, 2.05) is 13.8 Å². The molecule has 0 radical (unpaired) electrons. The molecule has 0 saturated carbocycles. The second-order valence-corrected chi connectivity index (χ2v) is 4.90. The molecule has 0 rings (SSSR count). The van der Waals surface area contributed by atoms with Gasteiger partial charge < -0.3 is 14.6 Å². The van der Waals surface area contributed by atoms with Crippen LogP contribution in [-0.2, 0) is 9.47 Å². The minimum atomic E-state index is -0.243. The molecule has 2 atom stereocenters. The van der Waals surface area contributed by atoms with E-state index in [4.69, 9.17) is 14.6 Å². The Morgan fingerprint density at radius 1 is 0.867 bits per heavy atom. The molecule has 0 amide bonds. The molecule has 15 heavy (non-hydrogen) atoms. The molecule has 92 valence electrons. The zero-order valence-electron chi connectivity index (χ0n) is 10.9. The van der Waals surface area contributed by atoms with E-state index < -0.39 is 0 Å². The van der Waals surface area contributed by atoms with Crippen molar-refractivity contribution in [1.82, 2.24) is 0 Å². The van der Waals surface area contributed by atoms with Crippen LogP contribution >= 0.6 is 0 Å². The predicted octanol–water partition coefficient (Wildman–Crippen LogP) is 2.43. The van der Waals surface area contributed by atoms with Gasteiger partial charge in [-0.3, -0.25) is 0 Å². The monoisotopic (exact) mass is 218 g/mol. The van der Waals surface area contributed by atoms with Gasteiger partial charge in [0.25, 0.3) is 0 Å². The standard InChI is InChI=1S/C12H26O3/c1-8(2)11(14-7-13)12(9(3)4)15-10(5)6/h8-13H,7H2,1-6H3/t11-,12?/m1/s1. The maximum Gasteiger partial charge on any atom is 0.144 e. The zero-order valence-corrected chi connectivity index (χ0v) is 10.9. The van der Waals surface area contributed by atoms with Crippen molar-refractivity contribution in [3.8, 4) is 0 Å². The van der Waals surface area contributed by atoms with Crippen LogP contribution in [0.25, 0.3) is 0 Å². The van der Waals surface area contributed by atoms with E-state index >= 15 is 0 Å². The topological polar surface area (TPSA) is 38.7 Å². The van der Waals surface area contributed by atoms with Gasteiger partial charge in [0.15, 0.2) is 0 Å². The van der Waals surface area contributed by atoms with Crippen LogP contribution < -0.4 is 0 Å². The molecular weight excluding hydrogens is 192 g/mol. The average molecular weight is 218 g/mol. The minimum Gasteiger partial charge on any atom is -0.373 e. The van der Waals surface area contributed by atoms with Crippen molar-refractivity contribution in [2.45, 2.75) is 59.9 Å². The molecule has 0 aromatic rings. The van der Waals surface area contributed by atoms with E-state index in [9.17, 15) is 0 Å². The van der Waals surface area contributed by atoms with Crippen LogP contribution in [-0.4, -0.2) is 30.2 Å². The average Bonchev–Trinajstić information content (AvgIpc) is 2.09. The molecule has 0 heterocycles. The van der Waals surface area contributed by atoms with E-state index in [1.165, 1.54) is 0 Å². The van der Waals surface area contributed by atoms with Gasteiger partial charge >= 0.3 is 0 Å². The summed E-state index contributed by atoms with van der Waals surface area (Å²) < 4.78 is 11.2. The predicted molar refractivity (Wildman–Crippen MR) is 61.6 cm³/mol. The highest BCUT2D eigenvalue weighted by molar-refractivity contribution is 4.77. The third-order valence-electron chi connectivity index (χ3n) is 2.33. The number of aliphatic hydroxyl groups is 1. The summed E-state index contributed by atoms with van der Waals surface area (Å²) in [6.45, 7) is 12.2. The van der Waals surface area contributed by atoms with Crippen molar-refractivity contribution in [2.24, 2.45) is 11.8 Å². The zero-order chi connectivity index (χ0) is 12.0. The van der Waals surface area contributed by atoms with E-state index in [1.54, 1.807) is 0 Å². The molecule has 0 saturated heterocycles. The summed E-state index contributed by atoms with van der Waals surface area (Å²) in [5.41, 5.74) is 0. The smallest absolute Gasteiger partial charge is 0.144 e. The summed E-state index contributed by atoms with van der Waals surface area (Å²) in [4.78, 5) is 0. The van der Waals surface area contributed by atoms with Crippen molar-refractivity contribution in [3.05, 3.63) is 0 Å². The largest absolute Gasteiger partial charge is 0.373 e. The maximum absolute atomic E-state index is 8.87. The van der Waals surface area contributed by atoms with Crippen molar-refractivity contribution in [1.29, 1.82) is 0 Å². The van der Waals surface area contributed by atoms with Crippen LogP contribution in [0.1, 0.15) is 41.5 Å². The summed E-state index contributed by atoms with van der Waals surface area (Å²) in [5, 5.41) is 8.87. The van der Waals surface area contributed by atoms with Gasteiger partial charge in [-0.2, -0.15) is 0 Å². The lowest BCUT2D eigenvalue weighted by molar-refractivity contribution is -0.157. The van der Waals surface area contributed by atoms with E-state index in [0.29, 0.717) is 11.8 Å². The number of hydrogen-bond acceptors (Lipinski definition) is 3. The lowest BCUT2D eigenvalue weighted by Crippen LogP contribution is -2.41. The summed E-state index contributed by atoms with van der Waals surface area (Å²) in [6.07, 6.45) is 0.176. The van der Waals surface area contributed by atoms with Crippen LogP contribution in [0.4, 0.5) is 0 Å². The molecule has 0 bridgehead atoms. The molecule has 0 aromatic carbocycles. The Kier molecular flexibility index (Phi) is 7.14. The van der Waals surface area contributed by atoms with Crippen LogP contribution in [0.3, 0.4) is 0 Å². The molecule has 0 spiro atoms. The second-order valence-electron chi connectivity index (χ2n) is 4.90. The van der Waals surface area contributed by atoms with Gasteiger partial charge in [0.2, 0.25) is 0 Å². The first-order chi connectivity index (χ1) is 6.90. The molecule has 0 aromatic heterocycles. The van der Waals surface area contributed by atoms with Gasteiger partial charge in [-0.1, -0.05) is 27.7 Å². The number of ether oxygens (including phenoxy) is 2. The first-order valence-electron chi connectivity index (χ1n) is 5.78. The van der Waals surface area contributed by atoms with Crippen LogP contribution in [0.5, 0.6) is 0 Å². The van der Waals surface area contributed by atoms with E-state index in [0.717, 1.165) is 0 Å². The third kappa shape index (κ3) is 5.50. The van der Waals surface area contributed by atoms with Crippen molar-refractivity contribution in [3.63, 3.8) is 0 Å². The molecule has 3 nitrogen and oxygen atoms in total. The van der Waals surface area contributed by atoms with Gasteiger partial charge in [-0.05, 0) is 25.7 Å². The normalized spacial score (nSPS) is 16.4. The Hall–Kier alpha value is -0.120.